The highest BCUT2D eigenvalue weighted by Gasteiger charge is 2.31. The number of halogens is 4. The summed E-state index contributed by atoms with van der Waals surface area (Å²) in [5.41, 5.74) is 1.36. The monoisotopic (exact) mass is 459 g/mol. The number of benzene rings is 1. The van der Waals surface area contributed by atoms with Gasteiger partial charge in [-0.1, -0.05) is 40.7 Å². The minimum atomic E-state index is -4.46. The lowest BCUT2D eigenvalue weighted by Crippen LogP contribution is -2.33. The predicted octanol–water partition coefficient (Wildman–Crippen LogP) is 6.03. The highest BCUT2D eigenvalue weighted by Crippen LogP contribution is 2.33. The van der Waals surface area contributed by atoms with Gasteiger partial charge in [-0.2, -0.15) is 13.2 Å². The molecule has 0 aliphatic carbocycles. The Morgan fingerprint density at radius 3 is 2.19 bits per heavy atom. The summed E-state index contributed by atoms with van der Waals surface area (Å²) in [4.78, 5) is 13.0. The second-order valence-electron chi connectivity index (χ2n) is 9.59. The lowest BCUT2D eigenvalue weighted by molar-refractivity contribution is -0.137. The SMILES string of the molecule is CNCC(C)(C)Cn1c(C(C)(C)C)cc(C(=O)Nc2cccc(C(F)(F)F)c2)c1C.Cl. The van der Waals surface area contributed by atoms with Crippen LogP contribution in [0.2, 0.25) is 0 Å². The van der Waals surface area contributed by atoms with Gasteiger partial charge in [0.1, 0.15) is 0 Å². The topological polar surface area (TPSA) is 46.1 Å². The van der Waals surface area contributed by atoms with E-state index in [0.29, 0.717) is 12.1 Å². The maximum atomic E-state index is 13.0. The normalized spacial score (nSPS) is 12.5. The summed E-state index contributed by atoms with van der Waals surface area (Å²) < 4.78 is 41.1. The van der Waals surface area contributed by atoms with Gasteiger partial charge in [0.2, 0.25) is 0 Å². The number of rotatable bonds is 6. The molecule has 0 spiro atoms. The molecule has 0 saturated carbocycles. The van der Waals surface area contributed by atoms with E-state index >= 15 is 0 Å². The van der Waals surface area contributed by atoms with E-state index in [4.69, 9.17) is 0 Å². The van der Waals surface area contributed by atoms with Crippen molar-refractivity contribution in [1.29, 1.82) is 0 Å². The molecule has 0 bridgehead atoms. The molecule has 0 atom stereocenters. The largest absolute Gasteiger partial charge is 0.416 e. The maximum absolute atomic E-state index is 13.0. The van der Waals surface area contributed by atoms with Gasteiger partial charge in [0, 0.05) is 35.6 Å². The van der Waals surface area contributed by atoms with E-state index < -0.39 is 17.6 Å². The number of nitrogens with zero attached hydrogens (tertiary/aromatic N) is 1. The number of nitrogens with one attached hydrogen (secondary N) is 2. The molecule has 4 nitrogen and oxygen atoms in total. The third-order valence-corrected chi connectivity index (χ3v) is 5.07. The van der Waals surface area contributed by atoms with Crippen LogP contribution >= 0.6 is 12.4 Å². The third kappa shape index (κ3) is 6.74. The number of alkyl halides is 3. The summed E-state index contributed by atoms with van der Waals surface area (Å²) >= 11 is 0. The van der Waals surface area contributed by atoms with Crippen molar-refractivity contribution in [2.24, 2.45) is 5.41 Å². The number of hydrogen-bond donors (Lipinski definition) is 2. The first-order chi connectivity index (χ1) is 13.7. The standard InChI is InChI=1S/C23H32F3N3O.ClH/c1-15-18(20(30)28-17-10-8-9-16(11-17)23(24,25)26)12-19(21(2,3)4)29(15)14-22(5,6)13-27-7;/h8-12,27H,13-14H2,1-7H3,(H,28,30);1H. The lowest BCUT2D eigenvalue weighted by Gasteiger charge is -2.30. The number of carbonyl (C=O) groups excluding carboxylic acids is 1. The molecule has 174 valence electrons. The second kappa shape index (κ2) is 9.65. The Morgan fingerprint density at radius 2 is 1.68 bits per heavy atom. The number of hydrogen-bond acceptors (Lipinski definition) is 2. The average molecular weight is 460 g/mol. The van der Waals surface area contributed by atoms with Crippen LogP contribution in [0.1, 0.15) is 61.9 Å². The summed E-state index contributed by atoms with van der Waals surface area (Å²) in [7, 11) is 1.91. The molecule has 0 radical (unpaired) electrons. The molecular weight excluding hydrogens is 427 g/mol. The highest BCUT2D eigenvalue weighted by atomic mass is 35.5. The summed E-state index contributed by atoms with van der Waals surface area (Å²) in [6.45, 7) is 13.9. The van der Waals surface area contributed by atoms with Gasteiger partial charge >= 0.3 is 6.18 Å². The van der Waals surface area contributed by atoms with Crippen LogP contribution in [0.3, 0.4) is 0 Å². The molecule has 1 heterocycles. The predicted molar refractivity (Wildman–Crippen MR) is 122 cm³/mol. The van der Waals surface area contributed by atoms with Gasteiger partial charge in [0.25, 0.3) is 5.91 Å². The van der Waals surface area contributed by atoms with Crippen molar-refractivity contribution in [1.82, 2.24) is 9.88 Å². The molecule has 0 unspecified atom stereocenters. The summed E-state index contributed by atoms with van der Waals surface area (Å²) in [5.74, 6) is -0.414. The van der Waals surface area contributed by atoms with Crippen LogP contribution < -0.4 is 10.6 Å². The molecule has 0 aliphatic rings. The fourth-order valence-electron chi connectivity index (χ4n) is 3.63. The Kier molecular flexibility index (Phi) is 8.42. The zero-order valence-corrected chi connectivity index (χ0v) is 20.0. The number of carbonyl (C=O) groups is 1. The van der Waals surface area contributed by atoms with E-state index in [9.17, 15) is 18.0 Å². The first kappa shape index (κ1) is 27.0. The quantitative estimate of drug-likeness (QED) is 0.553. The smallest absolute Gasteiger partial charge is 0.347 e. The molecule has 1 aromatic carbocycles. The Bertz CT molecular complexity index is 912. The van der Waals surface area contributed by atoms with Crippen molar-refractivity contribution in [2.75, 3.05) is 18.9 Å². The second-order valence-corrected chi connectivity index (χ2v) is 9.59. The Balaban J connectivity index is 0.00000480. The minimum absolute atomic E-state index is 0. The van der Waals surface area contributed by atoms with Gasteiger partial charge in [-0.25, -0.2) is 0 Å². The van der Waals surface area contributed by atoms with Gasteiger partial charge in [-0.3, -0.25) is 4.79 Å². The molecule has 0 fully saturated rings. The van der Waals surface area contributed by atoms with Crippen LogP contribution in [0, 0.1) is 12.3 Å². The van der Waals surface area contributed by atoms with Crippen LogP contribution in [-0.4, -0.2) is 24.1 Å². The number of aromatic nitrogens is 1. The van der Waals surface area contributed by atoms with E-state index in [1.165, 1.54) is 12.1 Å². The zero-order chi connectivity index (χ0) is 22.9. The summed E-state index contributed by atoms with van der Waals surface area (Å²) in [6.07, 6.45) is -4.46. The molecule has 31 heavy (non-hydrogen) atoms. The van der Waals surface area contributed by atoms with Gasteiger partial charge in [-0.15, -0.1) is 12.4 Å². The Labute approximate surface area is 189 Å². The maximum Gasteiger partial charge on any atom is 0.416 e. The van der Waals surface area contributed by atoms with Crippen molar-refractivity contribution in [2.45, 2.75) is 59.7 Å². The summed E-state index contributed by atoms with van der Waals surface area (Å²) in [5, 5.41) is 5.83. The van der Waals surface area contributed by atoms with Crippen molar-refractivity contribution in [3.8, 4) is 0 Å². The van der Waals surface area contributed by atoms with Crippen molar-refractivity contribution in [3.63, 3.8) is 0 Å². The van der Waals surface area contributed by atoms with E-state index in [2.05, 4.69) is 49.8 Å². The van der Waals surface area contributed by atoms with Crippen molar-refractivity contribution >= 4 is 24.0 Å². The van der Waals surface area contributed by atoms with Gasteiger partial charge < -0.3 is 15.2 Å². The molecule has 2 aromatic rings. The first-order valence-corrected chi connectivity index (χ1v) is 9.99. The summed E-state index contributed by atoms with van der Waals surface area (Å²) in [6, 6.07) is 6.54. The fourth-order valence-corrected chi connectivity index (χ4v) is 3.63. The molecule has 2 rings (SSSR count). The van der Waals surface area contributed by atoms with Gasteiger partial charge in [-0.05, 0) is 43.7 Å². The minimum Gasteiger partial charge on any atom is -0.347 e. The van der Waals surface area contributed by atoms with E-state index in [1.54, 1.807) is 0 Å². The first-order valence-electron chi connectivity index (χ1n) is 9.99. The fraction of sp³-hybridized carbons (Fsp3) is 0.522. The zero-order valence-electron chi connectivity index (χ0n) is 19.2. The lowest BCUT2D eigenvalue weighted by atomic mass is 9.89. The van der Waals surface area contributed by atoms with Crippen LogP contribution in [0.25, 0.3) is 0 Å². The number of anilines is 1. The highest BCUT2D eigenvalue weighted by molar-refractivity contribution is 6.05. The molecule has 1 amide bonds. The van der Waals surface area contributed by atoms with Gasteiger partial charge in [0.05, 0.1) is 11.1 Å². The number of amides is 1. The van der Waals surface area contributed by atoms with Crippen molar-refractivity contribution in [3.05, 3.63) is 52.8 Å². The van der Waals surface area contributed by atoms with Crippen LogP contribution in [0.15, 0.2) is 30.3 Å². The van der Waals surface area contributed by atoms with E-state index in [-0.39, 0.29) is 28.9 Å². The Hall–Kier alpha value is -1.99. The average Bonchev–Trinajstić information content (AvgIpc) is 2.90. The molecule has 8 heteroatoms. The van der Waals surface area contributed by atoms with Crippen LogP contribution in [0.4, 0.5) is 18.9 Å². The molecule has 0 saturated heterocycles. The molecule has 0 aliphatic heterocycles. The molecule has 1 aromatic heterocycles. The third-order valence-electron chi connectivity index (χ3n) is 5.07. The van der Waals surface area contributed by atoms with Crippen LogP contribution in [0.5, 0.6) is 0 Å². The van der Waals surface area contributed by atoms with Crippen LogP contribution in [-0.2, 0) is 18.1 Å². The molecule has 2 N–H and O–H groups in total. The van der Waals surface area contributed by atoms with E-state index in [0.717, 1.165) is 30.1 Å². The van der Waals surface area contributed by atoms with Gasteiger partial charge in [0.15, 0.2) is 0 Å². The van der Waals surface area contributed by atoms with E-state index in [1.807, 2.05) is 20.0 Å². The Morgan fingerprint density at radius 1 is 1.06 bits per heavy atom. The van der Waals surface area contributed by atoms with Crippen molar-refractivity contribution < 1.29 is 18.0 Å². The molecular formula is C23H33ClF3N3O.